The van der Waals surface area contributed by atoms with Gasteiger partial charge in [0.25, 0.3) is 0 Å². The summed E-state index contributed by atoms with van der Waals surface area (Å²) < 4.78 is 1.73. The van der Waals surface area contributed by atoms with Crippen LogP contribution in [0.4, 0.5) is 0 Å². The van der Waals surface area contributed by atoms with E-state index in [0.717, 1.165) is 5.69 Å². The van der Waals surface area contributed by atoms with Gasteiger partial charge < -0.3 is 0 Å². The van der Waals surface area contributed by atoms with Gasteiger partial charge >= 0.3 is 0 Å². The van der Waals surface area contributed by atoms with Crippen molar-refractivity contribution in [2.24, 2.45) is 10.9 Å². The van der Waals surface area contributed by atoms with Gasteiger partial charge in [0, 0.05) is 12.1 Å². The fraction of sp³-hybridized carbons (Fsp3) is 0.214. The van der Waals surface area contributed by atoms with Crippen molar-refractivity contribution < 1.29 is 4.79 Å². The van der Waals surface area contributed by atoms with Gasteiger partial charge in [-0.1, -0.05) is 32.0 Å². The molecule has 2 aromatic rings. The lowest BCUT2D eigenvalue weighted by molar-refractivity contribution is -0.120. The maximum absolute atomic E-state index is 11.5. The smallest absolute Gasteiger partial charge is 0.248 e. The largest absolute Gasteiger partial charge is 0.272 e. The molecule has 0 fully saturated rings. The minimum absolute atomic E-state index is 0. The number of hydrogen-bond acceptors (Lipinski definition) is 2. The van der Waals surface area contributed by atoms with Gasteiger partial charge in [-0.05, 0) is 18.2 Å². The van der Waals surface area contributed by atoms with E-state index < -0.39 is 0 Å². The first kappa shape index (κ1) is 15.1. The predicted molar refractivity (Wildman–Crippen MR) is 76.2 cm³/mol. The number of carbonyl (C=O) groups excluding carboxylic acids is 1. The van der Waals surface area contributed by atoms with Crippen LogP contribution in [0.5, 0.6) is 0 Å². The first-order chi connectivity index (χ1) is 8.66. The third-order valence-electron chi connectivity index (χ3n) is 2.45. The van der Waals surface area contributed by atoms with Gasteiger partial charge in [0.2, 0.25) is 5.91 Å². The van der Waals surface area contributed by atoms with Crippen LogP contribution in [0.2, 0.25) is 0 Å². The molecule has 0 unspecified atom stereocenters. The van der Waals surface area contributed by atoms with Gasteiger partial charge in [-0.25, -0.2) is 9.67 Å². The predicted octanol–water partition coefficient (Wildman–Crippen LogP) is 2.38. The summed E-state index contributed by atoms with van der Waals surface area (Å²) in [5, 5.41) is 4.82. The average molecular weight is 278 g/mol. The van der Waals surface area contributed by atoms with Crippen molar-refractivity contribution in [2.75, 3.05) is 0 Å². The first-order valence-electron chi connectivity index (χ1n) is 5.86. The minimum Gasteiger partial charge on any atom is -0.272 e. The Labute approximate surface area is 118 Å². The number of aromatic nitrogens is 2. The highest BCUT2D eigenvalue weighted by molar-refractivity contribution is 5.85. The average Bonchev–Trinajstić information content (AvgIpc) is 2.40. The Balaban J connectivity index is 0.00000180. The molecule has 0 radical (unpaired) electrons. The van der Waals surface area contributed by atoms with E-state index in [1.54, 1.807) is 23.1 Å². The maximum Gasteiger partial charge on any atom is 0.248 e. The van der Waals surface area contributed by atoms with Crippen LogP contribution in [0.25, 0.3) is 5.69 Å². The molecule has 0 atom stereocenters. The fourth-order valence-corrected chi connectivity index (χ4v) is 1.41. The van der Waals surface area contributed by atoms with Crippen LogP contribution in [-0.4, -0.2) is 15.7 Å². The third kappa shape index (κ3) is 4.03. The minimum atomic E-state index is -0.130. The van der Waals surface area contributed by atoms with Gasteiger partial charge in [0.05, 0.1) is 17.2 Å². The molecule has 0 saturated carbocycles. The van der Waals surface area contributed by atoms with Gasteiger partial charge in [0.15, 0.2) is 0 Å². The molecule has 0 spiro atoms. The summed E-state index contributed by atoms with van der Waals surface area (Å²) in [7, 11) is 0. The molecule has 1 aromatic heterocycles. The summed E-state index contributed by atoms with van der Waals surface area (Å²) in [4.78, 5) is 15.4. The molecule has 4 nitrogen and oxygen atoms in total. The molecule has 1 amide bonds. The van der Waals surface area contributed by atoms with Crippen molar-refractivity contribution in [3.8, 4) is 5.69 Å². The van der Waals surface area contributed by atoms with E-state index in [9.17, 15) is 4.79 Å². The zero-order valence-corrected chi connectivity index (χ0v) is 11.7. The molecule has 1 aromatic carbocycles. The molecule has 5 heteroatoms. The summed E-state index contributed by atoms with van der Waals surface area (Å²) >= 11 is 0. The Morgan fingerprint density at radius 3 is 2.42 bits per heavy atom. The lowest BCUT2D eigenvalue weighted by Crippen LogP contribution is -2.13. The van der Waals surface area contributed by atoms with Gasteiger partial charge in [-0.2, -0.15) is 5.10 Å². The van der Waals surface area contributed by atoms with E-state index in [-0.39, 0.29) is 24.2 Å². The second-order valence-electron chi connectivity index (χ2n) is 4.27. The van der Waals surface area contributed by atoms with E-state index in [0.29, 0.717) is 5.36 Å². The molecular formula is C14H16ClN3O. The standard InChI is InChI=1S/C14H15N3O.ClH/c1-11(2)14(18)16-12-8-9-17(15-10-12)13-6-4-3-5-7-13;/h3-11H,1-2H3;1H/b16-12+;. The van der Waals surface area contributed by atoms with Crippen LogP contribution in [-0.2, 0) is 4.79 Å². The zero-order chi connectivity index (χ0) is 13.0. The molecule has 1 heterocycles. The monoisotopic (exact) mass is 277 g/mol. The maximum atomic E-state index is 11.5. The molecule has 100 valence electrons. The van der Waals surface area contributed by atoms with E-state index in [1.165, 1.54) is 0 Å². The summed E-state index contributed by atoms with van der Waals surface area (Å²) in [6, 6.07) is 11.6. The summed E-state index contributed by atoms with van der Waals surface area (Å²) in [6.45, 7) is 3.65. The number of carbonyl (C=O) groups is 1. The second-order valence-corrected chi connectivity index (χ2v) is 4.27. The fourth-order valence-electron chi connectivity index (χ4n) is 1.41. The highest BCUT2D eigenvalue weighted by atomic mass is 35.5. The van der Waals surface area contributed by atoms with E-state index in [2.05, 4.69) is 10.1 Å². The van der Waals surface area contributed by atoms with E-state index >= 15 is 0 Å². The number of rotatable bonds is 2. The number of nitrogens with zero attached hydrogens (tertiary/aromatic N) is 3. The molecule has 19 heavy (non-hydrogen) atoms. The van der Waals surface area contributed by atoms with Gasteiger partial charge in [-0.3, -0.25) is 4.79 Å². The topological polar surface area (TPSA) is 47.2 Å². The molecule has 0 aliphatic heterocycles. The summed E-state index contributed by atoms with van der Waals surface area (Å²) in [5.74, 6) is -0.222. The van der Waals surface area contributed by atoms with Crippen molar-refractivity contribution >= 4 is 18.3 Å². The number of benzene rings is 1. The third-order valence-corrected chi connectivity index (χ3v) is 2.45. The molecule has 0 N–H and O–H groups in total. The van der Waals surface area contributed by atoms with Crippen LogP contribution in [0.15, 0.2) is 53.8 Å². The summed E-state index contributed by atoms with van der Waals surface area (Å²) in [6.07, 6.45) is 3.38. The zero-order valence-electron chi connectivity index (χ0n) is 10.9. The van der Waals surface area contributed by atoms with Crippen molar-refractivity contribution in [3.05, 3.63) is 54.1 Å². The SMILES string of the molecule is CC(C)C(=O)/N=c1\ccn(-c2ccccc2)nc1.Cl. The number of amides is 1. The number of halogens is 1. The van der Waals surface area contributed by atoms with Gasteiger partial charge in [0.1, 0.15) is 0 Å². The lowest BCUT2D eigenvalue weighted by atomic mass is 10.2. The van der Waals surface area contributed by atoms with Crippen LogP contribution in [0.1, 0.15) is 13.8 Å². The molecule has 2 rings (SSSR count). The highest BCUT2D eigenvalue weighted by Gasteiger charge is 2.03. The van der Waals surface area contributed by atoms with Crippen LogP contribution in [0.3, 0.4) is 0 Å². The highest BCUT2D eigenvalue weighted by Crippen LogP contribution is 2.02. The second kappa shape index (κ2) is 6.85. The normalized spacial score (nSPS) is 11.2. The van der Waals surface area contributed by atoms with Gasteiger partial charge in [-0.15, -0.1) is 12.4 Å². The van der Waals surface area contributed by atoms with Crippen LogP contribution < -0.4 is 5.36 Å². The Bertz CT molecular complexity index is 585. The number of hydrogen-bond donors (Lipinski definition) is 0. The van der Waals surface area contributed by atoms with Crippen LogP contribution in [0, 0.1) is 5.92 Å². The number of para-hydroxylation sites is 1. The Kier molecular flexibility index (Phi) is 5.45. The Hall–Kier alpha value is -1.94. The van der Waals surface area contributed by atoms with Crippen LogP contribution >= 0.6 is 12.4 Å². The molecule has 0 bridgehead atoms. The van der Waals surface area contributed by atoms with Crippen molar-refractivity contribution in [2.45, 2.75) is 13.8 Å². The van der Waals surface area contributed by atoms with Crippen molar-refractivity contribution in [1.29, 1.82) is 0 Å². The van der Waals surface area contributed by atoms with E-state index in [4.69, 9.17) is 0 Å². The Morgan fingerprint density at radius 1 is 1.21 bits per heavy atom. The van der Waals surface area contributed by atoms with Crippen molar-refractivity contribution in [3.63, 3.8) is 0 Å². The molecule has 0 aliphatic carbocycles. The molecule has 0 saturated heterocycles. The Morgan fingerprint density at radius 2 is 1.89 bits per heavy atom. The molecule has 0 aliphatic rings. The lowest BCUT2D eigenvalue weighted by Gasteiger charge is -2.03. The van der Waals surface area contributed by atoms with Crippen molar-refractivity contribution in [1.82, 2.24) is 9.78 Å². The quantitative estimate of drug-likeness (QED) is 0.846. The first-order valence-corrected chi connectivity index (χ1v) is 5.86. The van der Waals surface area contributed by atoms with E-state index in [1.807, 2.05) is 44.2 Å². The summed E-state index contributed by atoms with van der Waals surface area (Å²) in [5.41, 5.74) is 0.972. The molecular weight excluding hydrogens is 262 g/mol.